The fourth-order valence-electron chi connectivity index (χ4n) is 2.95. The minimum absolute atomic E-state index is 0.0261. The zero-order valence-electron chi connectivity index (χ0n) is 14.7. The summed E-state index contributed by atoms with van der Waals surface area (Å²) in [5, 5.41) is 0.544. The second-order valence-corrected chi connectivity index (χ2v) is 7.48. The van der Waals surface area contributed by atoms with Crippen LogP contribution in [0.2, 0.25) is 5.02 Å². The van der Waals surface area contributed by atoms with Crippen molar-refractivity contribution in [3.05, 3.63) is 70.2 Å². The van der Waals surface area contributed by atoms with Crippen LogP contribution in [-0.4, -0.2) is 40.7 Å². The van der Waals surface area contributed by atoms with Crippen LogP contribution in [0, 0.1) is 0 Å². The molecule has 0 aromatic heterocycles. The fraction of sp³-hybridized carbons (Fsp3) is 0.250. The van der Waals surface area contributed by atoms with E-state index in [9.17, 15) is 14.4 Å². The van der Waals surface area contributed by atoms with Gasteiger partial charge in [-0.25, -0.2) is 4.79 Å². The van der Waals surface area contributed by atoms with Crippen molar-refractivity contribution in [1.82, 2.24) is 4.90 Å². The summed E-state index contributed by atoms with van der Waals surface area (Å²) in [6.07, 6.45) is 2.23. The molecule has 0 spiro atoms. The molecule has 1 aliphatic rings. The summed E-state index contributed by atoms with van der Waals surface area (Å²) in [7, 11) is 0. The first-order valence-corrected chi connectivity index (χ1v) is 10.2. The van der Waals surface area contributed by atoms with Crippen molar-refractivity contribution in [3.8, 4) is 0 Å². The molecule has 0 N–H and O–H groups in total. The van der Waals surface area contributed by atoms with Gasteiger partial charge in [-0.15, -0.1) is 0 Å². The average Bonchev–Trinajstić information content (AvgIpc) is 2.92. The van der Waals surface area contributed by atoms with Crippen LogP contribution in [0.5, 0.6) is 0 Å². The minimum Gasteiger partial charge on any atom is -0.459 e. The van der Waals surface area contributed by atoms with Crippen LogP contribution >= 0.6 is 23.4 Å². The molecule has 0 bridgehead atoms. The average molecular weight is 404 g/mol. The third-order valence-electron chi connectivity index (χ3n) is 4.27. The van der Waals surface area contributed by atoms with Crippen molar-refractivity contribution in [2.75, 3.05) is 12.0 Å². The third kappa shape index (κ3) is 4.17. The van der Waals surface area contributed by atoms with Crippen molar-refractivity contribution in [2.45, 2.75) is 19.1 Å². The molecule has 1 atom stereocenters. The van der Waals surface area contributed by atoms with Crippen LogP contribution in [0.3, 0.4) is 0 Å². The van der Waals surface area contributed by atoms with E-state index in [0.717, 1.165) is 10.5 Å². The van der Waals surface area contributed by atoms with Crippen molar-refractivity contribution in [3.63, 3.8) is 0 Å². The molecule has 2 aromatic rings. The van der Waals surface area contributed by atoms with Gasteiger partial charge in [0.2, 0.25) is 0 Å². The topological polar surface area (TPSA) is 63.7 Å². The van der Waals surface area contributed by atoms with Gasteiger partial charge in [-0.2, -0.15) is 11.8 Å². The maximum atomic E-state index is 12.7. The van der Waals surface area contributed by atoms with Gasteiger partial charge in [0.05, 0.1) is 11.1 Å². The Bertz CT molecular complexity index is 851. The van der Waals surface area contributed by atoms with Gasteiger partial charge in [0.25, 0.3) is 11.8 Å². The Kier molecular flexibility index (Phi) is 6.19. The summed E-state index contributed by atoms with van der Waals surface area (Å²) in [5.41, 5.74) is 1.38. The molecular weight excluding hydrogens is 386 g/mol. The summed E-state index contributed by atoms with van der Waals surface area (Å²) < 4.78 is 5.40. The highest BCUT2D eigenvalue weighted by Gasteiger charge is 2.43. The normalized spacial score (nSPS) is 14.2. The second-order valence-electron chi connectivity index (χ2n) is 6.06. The predicted octanol–water partition coefficient (Wildman–Crippen LogP) is 3.80. The van der Waals surface area contributed by atoms with E-state index in [4.69, 9.17) is 16.3 Å². The van der Waals surface area contributed by atoms with E-state index in [-0.39, 0.29) is 6.61 Å². The maximum Gasteiger partial charge on any atom is 0.329 e. The maximum absolute atomic E-state index is 12.7. The van der Waals surface area contributed by atoms with Gasteiger partial charge in [-0.05, 0) is 48.3 Å². The molecule has 1 unspecified atom stereocenters. The molecule has 140 valence electrons. The molecule has 2 aromatic carbocycles. The first kappa shape index (κ1) is 19.5. The van der Waals surface area contributed by atoms with Gasteiger partial charge < -0.3 is 4.74 Å². The highest BCUT2D eigenvalue weighted by atomic mass is 35.5. The summed E-state index contributed by atoms with van der Waals surface area (Å²) >= 11 is 7.48. The lowest BCUT2D eigenvalue weighted by molar-refractivity contribution is -0.149. The van der Waals surface area contributed by atoms with Gasteiger partial charge >= 0.3 is 5.97 Å². The lowest BCUT2D eigenvalue weighted by atomic mass is 10.1. The lowest BCUT2D eigenvalue weighted by Crippen LogP contribution is -2.46. The lowest BCUT2D eigenvalue weighted by Gasteiger charge is -2.24. The van der Waals surface area contributed by atoms with Crippen LogP contribution in [0.4, 0.5) is 0 Å². The molecule has 1 aliphatic heterocycles. The third-order valence-corrected chi connectivity index (χ3v) is 5.15. The molecule has 27 heavy (non-hydrogen) atoms. The molecule has 1 heterocycles. The summed E-state index contributed by atoms with van der Waals surface area (Å²) in [4.78, 5) is 39.2. The molecule has 0 saturated heterocycles. The van der Waals surface area contributed by atoms with Crippen molar-refractivity contribution in [2.24, 2.45) is 0 Å². The number of hydrogen-bond acceptors (Lipinski definition) is 5. The zero-order chi connectivity index (χ0) is 19.4. The Morgan fingerprint density at radius 2 is 1.78 bits per heavy atom. The van der Waals surface area contributed by atoms with Crippen LogP contribution < -0.4 is 0 Å². The van der Waals surface area contributed by atoms with Gasteiger partial charge in [0.15, 0.2) is 0 Å². The Balaban J connectivity index is 1.78. The van der Waals surface area contributed by atoms with E-state index in [2.05, 4.69) is 0 Å². The molecule has 5 nitrogen and oxygen atoms in total. The first-order valence-electron chi connectivity index (χ1n) is 8.40. The molecule has 7 heteroatoms. The van der Waals surface area contributed by atoms with Gasteiger partial charge in [-0.1, -0.05) is 35.9 Å². The number of benzene rings is 2. The Morgan fingerprint density at radius 1 is 1.11 bits per heavy atom. The van der Waals surface area contributed by atoms with Gasteiger partial charge in [-0.3, -0.25) is 14.5 Å². The van der Waals surface area contributed by atoms with E-state index < -0.39 is 23.8 Å². The molecular formula is C20H18ClNO4S. The van der Waals surface area contributed by atoms with Gasteiger partial charge in [0.1, 0.15) is 12.6 Å². The second kappa shape index (κ2) is 8.59. The van der Waals surface area contributed by atoms with Crippen LogP contribution in [0.15, 0.2) is 48.5 Å². The smallest absolute Gasteiger partial charge is 0.329 e. The Morgan fingerprint density at radius 3 is 2.37 bits per heavy atom. The number of amides is 2. The number of thioether (sulfide) groups is 1. The molecule has 2 amide bonds. The number of esters is 1. The Hall–Kier alpha value is -2.31. The van der Waals surface area contributed by atoms with Crippen molar-refractivity contribution < 1.29 is 19.1 Å². The Labute approximate surface area is 166 Å². The fourth-order valence-corrected chi connectivity index (χ4v) is 3.62. The standard InChI is InChI=1S/C20H18ClNO4S/c1-27-10-9-17(20(25)26-12-13-5-4-6-14(21)11-13)22-18(23)15-7-2-3-8-16(15)19(22)24/h2-8,11,17H,9-10,12H2,1H3. The summed E-state index contributed by atoms with van der Waals surface area (Å²) in [6.45, 7) is 0.0261. The monoisotopic (exact) mass is 403 g/mol. The van der Waals surface area contributed by atoms with Crippen LogP contribution in [0.25, 0.3) is 0 Å². The number of hydrogen-bond donors (Lipinski definition) is 0. The predicted molar refractivity (Wildman–Crippen MR) is 105 cm³/mol. The first-order chi connectivity index (χ1) is 13.0. The highest BCUT2D eigenvalue weighted by molar-refractivity contribution is 7.98. The summed E-state index contributed by atoms with van der Waals surface area (Å²) in [5.74, 6) is -0.897. The minimum atomic E-state index is -0.955. The summed E-state index contributed by atoms with van der Waals surface area (Å²) in [6, 6.07) is 12.6. The van der Waals surface area contributed by atoms with E-state index in [1.165, 1.54) is 11.8 Å². The SMILES string of the molecule is CSCCC(C(=O)OCc1cccc(Cl)c1)N1C(=O)c2ccccc2C1=O. The van der Waals surface area contributed by atoms with Crippen LogP contribution in [0.1, 0.15) is 32.7 Å². The van der Waals surface area contributed by atoms with E-state index in [0.29, 0.717) is 28.3 Å². The molecule has 3 rings (SSSR count). The quantitative estimate of drug-likeness (QED) is 0.519. The van der Waals surface area contributed by atoms with Crippen molar-refractivity contribution >= 4 is 41.1 Å². The highest BCUT2D eigenvalue weighted by Crippen LogP contribution is 2.27. The molecule has 0 radical (unpaired) electrons. The molecule has 0 fully saturated rings. The largest absolute Gasteiger partial charge is 0.459 e. The molecule has 0 aliphatic carbocycles. The van der Waals surface area contributed by atoms with Crippen LogP contribution in [-0.2, 0) is 16.1 Å². The van der Waals surface area contributed by atoms with Gasteiger partial charge in [0, 0.05) is 5.02 Å². The zero-order valence-corrected chi connectivity index (χ0v) is 16.3. The van der Waals surface area contributed by atoms with E-state index >= 15 is 0 Å². The number of ether oxygens (including phenoxy) is 1. The van der Waals surface area contributed by atoms with Crippen molar-refractivity contribution in [1.29, 1.82) is 0 Å². The number of fused-ring (bicyclic) bond motifs is 1. The van der Waals surface area contributed by atoms with E-state index in [1.807, 2.05) is 6.26 Å². The number of rotatable bonds is 7. The number of nitrogens with zero attached hydrogens (tertiary/aromatic N) is 1. The number of carbonyl (C=O) groups is 3. The molecule has 0 saturated carbocycles. The number of halogens is 1. The van der Waals surface area contributed by atoms with E-state index in [1.54, 1.807) is 48.5 Å². The number of carbonyl (C=O) groups excluding carboxylic acids is 3. The number of imide groups is 1.